The number of rotatable bonds is 11. The number of halogens is 2. The number of hydrogen-bond donors (Lipinski definition) is 1. The lowest BCUT2D eigenvalue weighted by atomic mass is 10.1. The summed E-state index contributed by atoms with van der Waals surface area (Å²) in [6.45, 7) is 5.28. The third-order valence-electron chi connectivity index (χ3n) is 6.10. The second kappa shape index (κ2) is 13.1. The van der Waals surface area contributed by atoms with E-state index in [1.807, 2.05) is 0 Å². The Morgan fingerprint density at radius 2 is 1.55 bits per heavy atom. The van der Waals surface area contributed by atoms with Crippen molar-refractivity contribution in [3.8, 4) is 0 Å². The first-order valence-corrected chi connectivity index (χ1v) is 14.4. The third kappa shape index (κ3) is 6.87. The number of nitrogens with zero attached hydrogens (tertiary/aromatic N) is 2. The molecule has 0 saturated carbocycles. The zero-order chi connectivity index (χ0) is 27.9. The molecule has 1 atom stereocenters. The average Bonchev–Trinajstić information content (AvgIpc) is 2.89. The molecule has 2 amide bonds. The molecule has 1 unspecified atom stereocenters. The number of carbonyl (C=O) groups excluding carboxylic acids is 2. The van der Waals surface area contributed by atoms with Gasteiger partial charge in [-0.3, -0.25) is 13.9 Å². The number of hydrogen-bond acceptors (Lipinski definition) is 4. The van der Waals surface area contributed by atoms with E-state index in [9.17, 15) is 18.0 Å². The zero-order valence-corrected chi connectivity index (χ0v) is 23.9. The van der Waals surface area contributed by atoms with Crippen LogP contribution >= 0.6 is 23.2 Å². The summed E-state index contributed by atoms with van der Waals surface area (Å²) in [5, 5.41) is 3.61. The molecule has 0 aromatic heterocycles. The normalized spacial score (nSPS) is 12.0. The summed E-state index contributed by atoms with van der Waals surface area (Å²) < 4.78 is 28.8. The van der Waals surface area contributed by atoms with E-state index in [2.05, 4.69) is 5.32 Å². The second-order valence-electron chi connectivity index (χ2n) is 8.68. The number of anilines is 1. The number of nitrogens with one attached hydrogen (secondary N) is 1. The number of para-hydroxylation sites is 1. The number of amides is 2. The van der Waals surface area contributed by atoms with Gasteiger partial charge >= 0.3 is 0 Å². The number of likely N-dealkylation sites (N-methyl/N-ethyl adjacent to an activating group) is 1. The van der Waals surface area contributed by atoms with Crippen LogP contribution in [-0.4, -0.2) is 44.3 Å². The molecule has 0 saturated heterocycles. The minimum Gasteiger partial charge on any atom is -0.355 e. The molecule has 0 aliphatic heterocycles. The van der Waals surface area contributed by atoms with Gasteiger partial charge in [-0.15, -0.1) is 0 Å². The summed E-state index contributed by atoms with van der Waals surface area (Å²) in [7, 11) is -4.17. The summed E-state index contributed by atoms with van der Waals surface area (Å²) in [6.07, 6.45) is 0.330. The molecule has 10 heteroatoms. The number of sulfonamides is 1. The first-order valence-electron chi connectivity index (χ1n) is 12.2. The quantitative estimate of drug-likeness (QED) is 0.330. The van der Waals surface area contributed by atoms with Gasteiger partial charge in [0.05, 0.1) is 10.6 Å². The molecule has 0 heterocycles. The lowest BCUT2D eigenvalue weighted by Gasteiger charge is -2.33. The fourth-order valence-electron chi connectivity index (χ4n) is 4.11. The van der Waals surface area contributed by atoms with Crippen LogP contribution in [0.15, 0.2) is 77.7 Å². The molecule has 0 radical (unpaired) electrons. The van der Waals surface area contributed by atoms with Crippen LogP contribution in [0.1, 0.15) is 31.4 Å². The van der Waals surface area contributed by atoms with Crippen LogP contribution in [0.2, 0.25) is 10.0 Å². The molecule has 0 aliphatic rings. The third-order valence-corrected chi connectivity index (χ3v) is 8.49. The molecule has 0 bridgehead atoms. The van der Waals surface area contributed by atoms with Gasteiger partial charge in [-0.05, 0) is 67.8 Å². The van der Waals surface area contributed by atoms with E-state index in [0.717, 1.165) is 4.31 Å². The Balaban J connectivity index is 2.08. The zero-order valence-electron chi connectivity index (χ0n) is 21.5. The Kier molecular flexibility index (Phi) is 10.2. The summed E-state index contributed by atoms with van der Waals surface area (Å²) in [6, 6.07) is 18.9. The lowest BCUT2D eigenvalue weighted by molar-refractivity contribution is -0.140. The van der Waals surface area contributed by atoms with Crippen LogP contribution in [0, 0.1) is 6.92 Å². The molecule has 3 aromatic rings. The molecule has 7 nitrogen and oxygen atoms in total. The second-order valence-corrected chi connectivity index (χ2v) is 11.4. The van der Waals surface area contributed by atoms with Gasteiger partial charge in [0, 0.05) is 23.1 Å². The van der Waals surface area contributed by atoms with Gasteiger partial charge in [0.15, 0.2) is 0 Å². The number of benzene rings is 3. The van der Waals surface area contributed by atoms with Gasteiger partial charge < -0.3 is 10.2 Å². The Bertz CT molecular complexity index is 1380. The van der Waals surface area contributed by atoms with Crippen molar-refractivity contribution in [3.63, 3.8) is 0 Å². The minimum atomic E-state index is -4.17. The molecule has 38 heavy (non-hydrogen) atoms. The van der Waals surface area contributed by atoms with Crippen molar-refractivity contribution < 1.29 is 18.0 Å². The molecule has 0 spiro atoms. The van der Waals surface area contributed by atoms with Crippen molar-refractivity contribution in [1.29, 1.82) is 0 Å². The number of carbonyl (C=O) groups is 2. The molecular formula is C28H31Cl2N3O4S. The Labute approximate surface area is 234 Å². The van der Waals surface area contributed by atoms with E-state index in [0.29, 0.717) is 39.8 Å². The Morgan fingerprint density at radius 1 is 0.921 bits per heavy atom. The standard InChI is InChI=1S/C28H31Cl2N3O4S/c1-4-25(28(35)31-5-2)32(18-21-11-7-8-12-24(21)30)27(34)19-33(26-13-9-6-10-20(26)3)38(36,37)23-16-14-22(29)15-17-23/h6-17,25H,4-5,18-19H2,1-3H3,(H,31,35). The van der Waals surface area contributed by atoms with Crippen LogP contribution in [0.25, 0.3) is 0 Å². The van der Waals surface area contributed by atoms with Gasteiger partial charge in [-0.2, -0.15) is 0 Å². The van der Waals surface area contributed by atoms with E-state index in [1.165, 1.54) is 29.2 Å². The maximum atomic E-state index is 14.0. The van der Waals surface area contributed by atoms with Crippen LogP contribution < -0.4 is 9.62 Å². The van der Waals surface area contributed by atoms with Crippen molar-refractivity contribution in [2.75, 3.05) is 17.4 Å². The highest BCUT2D eigenvalue weighted by Crippen LogP contribution is 2.28. The monoisotopic (exact) mass is 575 g/mol. The molecule has 0 aliphatic carbocycles. The van der Waals surface area contributed by atoms with Crippen molar-refractivity contribution in [2.24, 2.45) is 0 Å². The maximum absolute atomic E-state index is 14.0. The molecule has 3 rings (SSSR count). The first kappa shape index (κ1) is 29.5. The first-order chi connectivity index (χ1) is 18.1. The molecule has 202 valence electrons. The largest absolute Gasteiger partial charge is 0.355 e. The SMILES string of the molecule is CCNC(=O)C(CC)N(Cc1ccccc1Cl)C(=O)CN(c1ccccc1C)S(=O)(=O)c1ccc(Cl)cc1. The number of aryl methyl sites for hydroxylation is 1. The Hall–Kier alpha value is -3.07. The van der Waals surface area contributed by atoms with Crippen LogP contribution in [0.5, 0.6) is 0 Å². The molecular weight excluding hydrogens is 545 g/mol. The van der Waals surface area contributed by atoms with Crippen molar-refractivity contribution in [2.45, 2.75) is 44.7 Å². The topological polar surface area (TPSA) is 86.8 Å². The fourth-order valence-corrected chi connectivity index (χ4v) is 5.91. The maximum Gasteiger partial charge on any atom is 0.264 e. The molecule has 3 aromatic carbocycles. The van der Waals surface area contributed by atoms with E-state index in [1.54, 1.807) is 69.3 Å². The van der Waals surface area contributed by atoms with E-state index in [-0.39, 0.29) is 17.3 Å². The minimum absolute atomic E-state index is 0.00799. The molecule has 0 fully saturated rings. The van der Waals surface area contributed by atoms with E-state index < -0.39 is 28.5 Å². The van der Waals surface area contributed by atoms with Gasteiger partial charge in [0.25, 0.3) is 10.0 Å². The highest BCUT2D eigenvalue weighted by Gasteiger charge is 2.34. The Morgan fingerprint density at radius 3 is 2.16 bits per heavy atom. The van der Waals surface area contributed by atoms with Gasteiger partial charge in [-0.1, -0.05) is 66.5 Å². The predicted octanol–water partition coefficient (Wildman–Crippen LogP) is 5.44. The fraction of sp³-hybridized carbons (Fsp3) is 0.286. The predicted molar refractivity (Wildman–Crippen MR) is 152 cm³/mol. The smallest absolute Gasteiger partial charge is 0.264 e. The van der Waals surface area contributed by atoms with E-state index in [4.69, 9.17) is 23.2 Å². The highest BCUT2D eigenvalue weighted by atomic mass is 35.5. The van der Waals surface area contributed by atoms with Gasteiger partial charge in [0.2, 0.25) is 11.8 Å². The average molecular weight is 577 g/mol. The summed E-state index contributed by atoms with van der Waals surface area (Å²) in [5.74, 6) is -0.859. The van der Waals surface area contributed by atoms with Crippen LogP contribution in [-0.2, 0) is 26.2 Å². The highest BCUT2D eigenvalue weighted by molar-refractivity contribution is 7.92. The van der Waals surface area contributed by atoms with Crippen LogP contribution in [0.3, 0.4) is 0 Å². The lowest BCUT2D eigenvalue weighted by Crippen LogP contribution is -2.52. The van der Waals surface area contributed by atoms with Gasteiger partial charge in [-0.25, -0.2) is 8.42 Å². The van der Waals surface area contributed by atoms with Crippen LogP contribution in [0.4, 0.5) is 5.69 Å². The van der Waals surface area contributed by atoms with Gasteiger partial charge in [0.1, 0.15) is 12.6 Å². The van der Waals surface area contributed by atoms with Crippen molar-refractivity contribution in [3.05, 3.63) is 94.0 Å². The summed E-state index contributed by atoms with van der Waals surface area (Å²) in [5.41, 5.74) is 1.68. The summed E-state index contributed by atoms with van der Waals surface area (Å²) in [4.78, 5) is 28.3. The van der Waals surface area contributed by atoms with E-state index >= 15 is 0 Å². The summed E-state index contributed by atoms with van der Waals surface area (Å²) >= 11 is 12.4. The van der Waals surface area contributed by atoms with Crippen molar-refractivity contribution >= 4 is 50.7 Å². The molecule has 1 N–H and O–H groups in total. The van der Waals surface area contributed by atoms with Crippen molar-refractivity contribution in [1.82, 2.24) is 10.2 Å².